The fraction of sp³-hybridized carbons (Fsp3) is 0.333. The average molecular weight is 442 g/mol. The maximum absolute atomic E-state index is 14.0. The zero-order valence-corrected chi connectivity index (χ0v) is 18.0. The fourth-order valence-electron chi connectivity index (χ4n) is 4.27. The maximum Gasteiger partial charge on any atom is 0.170 e. The zero-order chi connectivity index (χ0) is 22.1. The van der Waals surface area contributed by atoms with Crippen LogP contribution in [0.5, 0.6) is 5.75 Å². The molecule has 1 aromatic heterocycles. The van der Waals surface area contributed by atoms with Gasteiger partial charge < -0.3 is 16.2 Å². The van der Waals surface area contributed by atoms with Gasteiger partial charge in [0.05, 0.1) is 21.8 Å². The fourth-order valence-corrected chi connectivity index (χ4v) is 4.48. The molecule has 7 heteroatoms. The Hall–Kier alpha value is -2.70. The first-order valence-corrected chi connectivity index (χ1v) is 10.8. The van der Waals surface area contributed by atoms with E-state index >= 15 is 0 Å². The Balaban J connectivity index is 1.78. The van der Waals surface area contributed by atoms with Gasteiger partial charge in [-0.3, -0.25) is 9.78 Å². The van der Waals surface area contributed by atoms with Crippen LogP contribution in [0, 0.1) is 11.7 Å². The number of benzene rings is 2. The van der Waals surface area contributed by atoms with Crippen molar-refractivity contribution in [3.63, 3.8) is 0 Å². The summed E-state index contributed by atoms with van der Waals surface area (Å²) < 4.78 is 14.0. The number of nitrogens with zero attached hydrogens (tertiary/aromatic N) is 1. The summed E-state index contributed by atoms with van der Waals surface area (Å²) in [6.45, 7) is 2.23. The minimum atomic E-state index is -0.784. The third-order valence-corrected chi connectivity index (χ3v) is 6.41. The Kier molecular flexibility index (Phi) is 6.12. The first-order valence-electron chi connectivity index (χ1n) is 10.5. The molecule has 162 valence electrons. The molecule has 0 radical (unpaired) electrons. The van der Waals surface area contributed by atoms with Gasteiger partial charge in [0.25, 0.3) is 0 Å². The van der Waals surface area contributed by atoms with E-state index < -0.39 is 11.6 Å². The summed E-state index contributed by atoms with van der Waals surface area (Å²) in [4.78, 5) is 16.8. The van der Waals surface area contributed by atoms with Gasteiger partial charge in [0.2, 0.25) is 0 Å². The minimum Gasteiger partial charge on any atom is -0.504 e. The van der Waals surface area contributed by atoms with Gasteiger partial charge in [0.1, 0.15) is 0 Å². The number of phenols is 1. The van der Waals surface area contributed by atoms with E-state index in [9.17, 15) is 14.3 Å². The molecule has 1 aliphatic carbocycles. The van der Waals surface area contributed by atoms with E-state index in [-0.39, 0.29) is 16.8 Å². The summed E-state index contributed by atoms with van der Waals surface area (Å²) in [5.74, 6) is -0.868. The summed E-state index contributed by atoms with van der Waals surface area (Å²) in [5.41, 5.74) is 9.08. The third kappa shape index (κ3) is 4.36. The maximum atomic E-state index is 14.0. The van der Waals surface area contributed by atoms with Gasteiger partial charge in [0, 0.05) is 17.6 Å². The molecule has 0 unspecified atom stereocenters. The summed E-state index contributed by atoms with van der Waals surface area (Å²) in [5, 5.41) is 14.0. The van der Waals surface area contributed by atoms with Crippen molar-refractivity contribution in [2.24, 2.45) is 11.7 Å². The average Bonchev–Trinajstić information content (AvgIpc) is 2.77. The van der Waals surface area contributed by atoms with Crippen LogP contribution in [0.1, 0.15) is 43.0 Å². The lowest BCUT2D eigenvalue weighted by atomic mass is 9.86. The Bertz CT molecular complexity index is 1120. The minimum absolute atomic E-state index is 0.0549. The van der Waals surface area contributed by atoms with Crippen molar-refractivity contribution < 1.29 is 14.3 Å². The molecule has 0 atom stereocenters. The highest BCUT2D eigenvalue weighted by Gasteiger charge is 2.23. The van der Waals surface area contributed by atoms with E-state index in [4.69, 9.17) is 17.3 Å². The molecule has 1 fully saturated rings. The number of carbonyl (C=O) groups is 1. The quantitative estimate of drug-likeness (QED) is 0.453. The number of anilines is 1. The van der Waals surface area contributed by atoms with Crippen LogP contribution in [0.4, 0.5) is 10.1 Å². The lowest BCUT2D eigenvalue weighted by molar-refractivity contribution is 0.101. The predicted octanol–water partition coefficient (Wildman–Crippen LogP) is 5.53. The van der Waals surface area contributed by atoms with E-state index in [2.05, 4.69) is 10.3 Å². The highest BCUT2D eigenvalue weighted by Crippen LogP contribution is 2.36. The van der Waals surface area contributed by atoms with Gasteiger partial charge in [-0.05, 0) is 80.5 Å². The Morgan fingerprint density at radius 3 is 2.61 bits per heavy atom. The predicted molar refractivity (Wildman–Crippen MR) is 122 cm³/mol. The van der Waals surface area contributed by atoms with E-state index in [1.807, 2.05) is 18.2 Å². The molecule has 1 heterocycles. The number of pyridine rings is 1. The molecule has 4 rings (SSSR count). The first kappa shape index (κ1) is 21.5. The number of ketones is 1. The lowest BCUT2D eigenvalue weighted by Crippen LogP contribution is -2.29. The molecular formula is C24H25ClFN3O2. The van der Waals surface area contributed by atoms with Crippen molar-refractivity contribution in [1.82, 2.24) is 4.98 Å². The van der Waals surface area contributed by atoms with Crippen LogP contribution in [0.25, 0.3) is 22.0 Å². The molecule has 31 heavy (non-hydrogen) atoms. The van der Waals surface area contributed by atoms with Gasteiger partial charge in [-0.2, -0.15) is 0 Å². The van der Waals surface area contributed by atoms with E-state index in [0.717, 1.165) is 42.3 Å². The van der Waals surface area contributed by atoms with Crippen LogP contribution in [-0.4, -0.2) is 28.5 Å². The number of nitrogens with one attached hydrogen (secondary N) is 1. The van der Waals surface area contributed by atoms with Crippen LogP contribution in [0.2, 0.25) is 5.02 Å². The molecule has 3 aromatic rings. The van der Waals surface area contributed by atoms with Crippen LogP contribution >= 0.6 is 11.6 Å². The van der Waals surface area contributed by atoms with Gasteiger partial charge in [-0.25, -0.2) is 4.39 Å². The number of fused-ring (bicyclic) bond motifs is 1. The van der Waals surface area contributed by atoms with Crippen LogP contribution in [0.3, 0.4) is 0 Å². The van der Waals surface area contributed by atoms with E-state index in [1.165, 1.54) is 19.1 Å². The monoisotopic (exact) mass is 441 g/mol. The Labute approximate surface area is 185 Å². The highest BCUT2D eigenvalue weighted by molar-refractivity contribution is 6.32. The van der Waals surface area contributed by atoms with Gasteiger partial charge >= 0.3 is 0 Å². The molecule has 1 aliphatic rings. The van der Waals surface area contributed by atoms with Crippen LogP contribution in [0.15, 0.2) is 36.5 Å². The third-order valence-electron chi connectivity index (χ3n) is 6.13. The Morgan fingerprint density at radius 2 is 1.97 bits per heavy atom. The number of Topliss-reactive ketones (excluding diaryl/α,β-unsaturated/α-hetero) is 1. The molecular weight excluding hydrogens is 417 g/mol. The normalized spacial score (nSPS) is 18.8. The zero-order valence-electron chi connectivity index (χ0n) is 17.3. The van der Waals surface area contributed by atoms with Crippen molar-refractivity contribution in [2.45, 2.75) is 38.6 Å². The molecule has 0 amide bonds. The number of aromatic hydroxyl groups is 1. The Morgan fingerprint density at radius 1 is 1.23 bits per heavy atom. The standard InChI is InChI=1S/C24H25ClFN3O2/c1-13(30)19-12-28-22-7-4-15(16-9-20(25)24(31)21(26)10-16)8-18(22)23(19)29-17-5-2-14(11-27)3-6-17/h4,7-10,12,14,17,31H,2-3,5-6,11,27H2,1H3,(H,28,29). The number of carbonyl (C=O) groups excluding carboxylic acids is 1. The van der Waals surface area contributed by atoms with Gasteiger partial charge in [-0.1, -0.05) is 17.7 Å². The van der Waals surface area contributed by atoms with Crippen LogP contribution < -0.4 is 11.1 Å². The molecule has 4 N–H and O–H groups in total. The van der Waals surface area contributed by atoms with Crippen molar-refractivity contribution in [3.05, 3.63) is 52.9 Å². The second-order valence-electron chi connectivity index (χ2n) is 8.22. The number of hydrogen-bond acceptors (Lipinski definition) is 5. The van der Waals surface area contributed by atoms with Crippen LogP contribution in [-0.2, 0) is 0 Å². The van der Waals surface area contributed by atoms with Crippen molar-refractivity contribution >= 4 is 34.0 Å². The molecule has 5 nitrogen and oxygen atoms in total. The molecule has 0 spiro atoms. The molecule has 1 saturated carbocycles. The number of hydrogen-bond donors (Lipinski definition) is 3. The topological polar surface area (TPSA) is 88.2 Å². The largest absolute Gasteiger partial charge is 0.504 e. The summed E-state index contributed by atoms with van der Waals surface area (Å²) in [7, 11) is 0. The smallest absolute Gasteiger partial charge is 0.170 e. The molecule has 0 saturated heterocycles. The second kappa shape index (κ2) is 8.81. The summed E-state index contributed by atoms with van der Waals surface area (Å²) >= 11 is 5.97. The van der Waals surface area contributed by atoms with Gasteiger partial charge in [-0.15, -0.1) is 0 Å². The SMILES string of the molecule is CC(=O)c1cnc2ccc(-c3cc(F)c(O)c(Cl)c3)cc2c1NC1CCC(CN)CC1. The molecule has 0 bridgehead atoms. The summed E-state index contributed by atoms with van der Waals surface area (Å²) in [6.07, 6.45) is 5.70. The highest BCUT2D eigenvalue weighted by atomic mass is 35.5. The lowest BCUT2D eigenvalue weighted by Gasteiger charge is -2.30. The summed E-state index contributed by atoms with van der Waals surface area (Å²) in [6, 6.07) is 8.54. The number of phenolic OH excluding ortho intramolecular Hbond substituents is 1. The number of halogens is 2. The number of rotatable bonds is 5. The molecule has 2 aromatic carbocycles. The number of aromatic nitrogens is 1. The van der Waals surface area contributed by atoms with Crippen molar-refractivity contribution in [2.75, 3.05) is 11.9 Å². The number of nitrogens with two attached hydrogens (primary N) is 1. The molecule has 0 aliphatic heterocycles. The van der Waals surface area contributed by atoms with Crippen molar-refractivity contribution in [3.8, 4) is 16.9 Å². The second-order valence-corrected chi connectivity index (χ2v) is 8.63. The van der Waals surface area contributed by atoms with E-state index in [1.54, 1.807) is 6.20 Å². The first-order chi connectivity index (χ1) is 14.9. The van der Waals surface area contributed by atoms with Gasteiger partial charge in [0.15, 0.2) is 17.3 Å². The van der Waals surface area contributed by atoms with E-state index in [0.29, 0.717) is 29.2 Å². The van der Waals surface area contributed by atoms with Crippen molar-refractivity contribution in [1.29, 1.82) is 0 Å².